The van der Waals surface area contributed by atoms with Crippen LogP contribution in [0.1, 0.15) is 28.6 Å². The van der Waals surface area contributed by atoms with Crippen molar-refractivity contribution in [2.45, 2.75) is 31.5 Å². The van der Waals surface area contributed by atoms with E-state index in [0.717, 1.165) is 33.3 Å². The molecule has 1 atom stereocenters. The number of fused-ring (bicyclic) bond motifs is 1. The van der Waals surface area contributed by atoms with Gasteiger partial charge in [0.2, 0.25) is 11.8 Å². The lowest BCUT2D eigenvalue weighted by Crippen LogP contribution is -2.15. The predicted octanol–water partition coefficient (Wildman–Crippen LogP) is 4.14. The van der Waals surface area contributed by atoms with Gasteiger partial charge in [0.25, 0.3) is 5.22 Å². The van der Waals surface area contributed by atoms with Crippen LogP contribution < -0.4 is 11.1 Å². The minimum atomic E-state index is -0.421. The van der Waals surface area contributed by atoms with Gasteiger partial charge in [-0.1, -0.05) is 42.1 Å². The van der Waals surface area contributed by atoms with E-state index in [-0.39, 0.29) is 11.7 Å². The van der Waals surface area contributed by atoms with Crippen LogP contribution >= 0.6 is 11.8 Å². The highest BCUT2D eigenvalue weighted by molar-refractivity contribution is 7.99. The summed E-state index contributed by atoms with van der Waals surface area (Å²) in [5.41, 5.74) is 11.4. The normalized spacial score (nSPS) is 12.2. The number of amides is 1. The number of nitrogens with two attached hydrogens (primary N) is 1. The summed E-state index contributed by atoms with van der Waals surface area (Å²) in [6.07, 6.45) is 2.53. The predicted molar refractivity (Wildman–Crippen MR) is 118 cm³/mol. The van der Waals surface area contributed by atoms with Crippen LogP contribution in [0.4, 0.5) is 5.69 Å². The average molecular weight is 422 g/mol. The van der Waals surface area contributed by atoms with Gasteiger partial charge in [0.1, 0.15) is 0 Å². The first kappa shape index (κ1) is 20.2. The number of aryl methyl sites for hydroxylation is 2. The van der Waals surface area contributed by atoms with Crippen LogP contribution in [0.15, 0.2) is 58.3 Å². The van der Waals surface area contributed by atoms with E-state index < -0.39 is 6.04 Å². The monoisotopic (exact) mass is 421 g/mol. The molecule has 0 spiro atoms. The maximum Gasteiger partial charge on any atom is 0.277 e. The molecule has 0 bridgehead atoms. The van der Waals surface area contributed by atoms with Gasteiger partial charge in [-0.25, -0.2) is 0 Å². The zero-order chi connectivity index (χ0) is 21.1. The maximum absolute atomic E-state index is 12.3. The van der Waals surface area contributed by atoms with Gasteiger partial charge in [-0.2, -0.15) is 0 Å². The first-order valence-electron chi connectivity index (χ1n) is 9.63. The minimum Gasteiger partial charge on any atom is -0.414 e. The number of carbonyl (C=O) groups is 1. The third kappa shape index (κ3) is 4.55. The van der Waals surface area contributed by atoms with Gasteiger partial charge in [-0.15, -0.1) is 10.2 Å². The summed E-state index contributed by atoms with van der Waals surface area (Å²) in [4.78, 5) is 15.5. The smallest absolute Gasteiger partial charge is 0.277 e. The van der Waals surface area contributed by atoms with E-state index in [0.29, 0.717) is 17.5 Å². The highest BCUT2D eigenvalue weighted by atomic mass is 32.2. The van der Waals surface area contributed by atoms with Gasteiger partial charge in [0.05, 0.1) is 11.8 Å². The van der Waals surface area contributed by atoms with Crippen molar-refractivity contribution in [3.8, 4) is 0 Å². The number of hydrogen-bond donors (Lipinski definition) is 3. The van der Waals surface area contributed by atoms with Crippen LogP contribution in [0.25, 0.3) is 10.9 Å². The summed E-state index contributed by atoms with van der Waals surface area (Å²) in [7, 11) is 0. The van der Waals surface area contributed by atoms with Crippen LogP contribution in [0.3, 0.4) is 0 Å². The lowest BCUT2D eigenvalue weighted by atomic mass is 10.1. The highest BCUT2D eigenvalue weighted by Gasteiger charge is 2.18. The largest absolute Gasteiger partial charge is 0.414 e. The maximum atomic E-state index is 12.3. The van der Waals surface area contributed by atoms with Crippen LogP contribution in [0, 0.1) is 13.8 Å². The molecule has 2 heterocycles. The molecule has 0 radical (unpaired) electrons. The molecule has 0 unspecified atom stereocenters. The molecule has 0 saturated carbocycles. The second-order valence-corrected chi connectivity index (χ2v) is 8.16. The molecule has 4 rings (SSSR count). The van der Waals surface area contributed by atoms with Gasteiger partial charge in [-0.3, -0.25) is 4.79 Å². The number of hydrogen-bond acceptors (Lipinski definition) is 6. The molecular formula is C22H23N5O2S. The van der Waals surface area contributed by atoms with Crippen molar-refractivity contribution >= 4 is 34.3 Å². The number of para-hydroxylation sites is 1. The summed E-state index contributed by atoms with van der Waals surface area (Å²) >= 11 is 1.19. The van der Waals surface area contributed by atoms with Crippen molar-refractivity contribution in [2.24, 2.45) is 5.73 Å². The molecule has 7 nitrogen and oxygen atoms in total. The SMILES string of the molecule is Cc1ccc(C)c(NC(=O)CSc2nnc([C@@H](N)Cc3c[nH]c4ccccc34)o2)c1. The van der Waals surface area contributed by atoms with E-state index >= 15 is 0 Å². The summed E-state index contributed by atoms with van der Waals surface area (Å²) in [6.45, 7) is 3.95. The van der Waals surface area contributed by atoms with Crippen molar-refractivity contribution < 1.29 is 9.21 Å². The van der Waals surface area contributed by atoms with E-state index in [9.17, 15) is 4.79 Å². The molecule has 0 aliphatic heterocycles. The molecule has 1 amide bonds. The number of carbonyl (C=O) groups excluding carboxylic acids is 1. The molecule has 0 aliphatic carbocycles. The molecule has 2 aromatic carbocycles. The summed E-state index contributed by atoms with van der Waals surface area (Å²) in [5.74, 6) is 0.404. The fourth-order valence-electron chi connectivity index (χ4n) is 3.24. The molecule has 4 aromatic rings. The zero-order valence-electron chi connectivity index (χ0n) is 16.8. The van der Waals surface area contributed by atoms with Crippen LogP contribution in [0.5, 0.6) is 0 Å². The summed E-state index contributed by atoms with van der Waals surface area (Å²) < 4.78 is 5.68. The highest BCUT2D eigenvalue weighted by Crippen LogP contribution is 2.25. The van der Waals surface area contributed by atoms with Gasteiger partial charge in [-0.05, 0) is 49.1 Å². The van der Waals surface area contributed by atoms with Gasteiger partial charge in [0, 0.05) is 22.8 Å². The molecule has 0 aliphatic rings. The number of nitrogens with zero attached hydrogens (tertiary/aromatic N) is 2. The lowest BCUT2D eigenvalue weighted by molar-refractivity contribution is -0.113. The van der Waals surface area contributed by atoms with Crippen LogP contribution in [-0.2, 0) is 11.2 Å². The first-order valence-corrected chi connectivity index (χ1v) is 10.6. The van der Waals surface area contributed by atoms with Crippen LogP contribution in [0.2, 0.25) is 0 Å². The number of aromatic amines is 1. The van der Waals surface area contributed by atoms with Crippen molar-refractivity contribution in [2.75, 3.05) is 11.1 Å². The minimum absolute atomic E-state index is 0.128. The fraction of sp³-hybridized carbons (Fsp3) is 0.227. The summed E-state index contributed by atoms with van der Waals surface area (Å²) in [6, 6.07) is 13.6. The topological polar surface area (TPSA) is 110 Å². The molecule has 8 heteroatoms. The van der Waals surface area contributed by atoms with Crippen molar-refractivity contribution in [3.05, 3.63) is 71.2 Å². The van der Waals surface area contributed by atoms with Crippen LogP contribution in [-0.4, -0.2) is 26.8 Å². The number of thioether (sulfide) groups is 1. The standard InChI is InChI=1S/C22H23N5O2S/c1-13-7-8-14(2)19(9-13)25-20(28)12-30-22-27-26-21(29-22)17(23)10-15-11-24-18-6-4-3-5-16(15)18/h3-9,11,17,24H,10,12,23H2,1-2H3,(H,25,28)/t17-/m0/s1. The quantitative estimate of drug-likeness (QED) is 0.387. The van der Waals surface area contributed by atoms with Crippen molar-refractivity contribution in [1.29, 1.82) is 0 Å². The number of H-pyrrole nitrogens is 1. The molecule has 2 aromatic heterocycles. The Morgan fingerprint density at radius 1 is 1.23 bits per heavy atom. The zero-order valence-corrected chi connectivity index (χ0v) is 17.6. The molecule has 4 N–H and O–H groups in total. The number of anilines is 1. The van der Waals surface area contributed by atoms with Crippen molar-refractivity contribution in [1.82, 2.24) is 15.2 Å². The summed E-state index contributed by atoms with van der Waals surface area (Å²) in [5, 5.41) is 12.5. The lowest BCUT2D eigenvalue weighted by Gasteiger charge is -2.08. The Bertz CT molecular complexity index is 1180. The second kappa shape index (κ2) is 8.73. The first-order chi connectivity index (χ1) is 14.5. The Hall–Kier alpha value is -3.10. The Labute approximate surface area is 178 Å². The third-order valence-corrected chi connectivity index (χ3v) is 5.67. The molecular weight excluding hydrogens is 398 g/mol. The second-order valence-electron chi connectivity index (χ2n) is 7.23. The van der Waals surface area contributed by atoms with Gasteiger partial charge >= 0.3 is 0 Å². The number of benzene rings is 2. The number of aromatic nitrogens is 3. The van der Waals surface area contributed by atoms with E-state index in [1.54, 1.807) is 0 Å². The third-order valence-electron chi connectivity index (χ3n) is 4.85. The van der Waals surface area contributed by atoms with E-state index in [4.69, 9.17) is 10.2 Å². The molecule has 30 heavy (non-hydrogen) atoms. The van der Waals surface area contributed by atoms with Gasteiger partial charge in [0.15, 0.2) is 0 Å². The Kier molecular flexibility index (Phi) is 5.87. The number of rotatable bonds is 7. The Balaban J connectivity index is 1.34. The Morgan fingerprint density at radius 2 is 2.07 bits per heavy atom. The average Bonchev–Trinajstić information content (AvgIpc) is 3.37. The Morgan fingerprint density at radius 3 is 2.93 bits per heavy atom. The number of nitrogens with one attached hydrogen (secondary N) is 2. The van der Waals surface area contributed by atoms with Gasteiger partial charge < -0.3 is 20.5 Å². The molecule has 154 valence electrons. The van der Waals surface area contributed by atoms with E-state index in [1.165, 1.54) is 11.8 Å². The van der Waals surface area contributed by atoms with E-state index in [2.05, 4.69) is 26.6 Å². The van der Waals surface area contributed by atoms with Crippen molar-refractivity contribution in [3.63, 3.8) is 0 Å². The molecule has 0 saturated heterocycles. The molecule has 0 fully saturated rings. The fourth-order valence-corrected chi connectivity index (χ4v) is 3.81. The van der Waals surface area contributed by atoms with E-state index in [1.807, 2.05) is 56.4 Å².